The van der Waals surface area contributed by atoms with Gasteiger partial charge in [-0.2, -0.15) is 0 Å². The molecule has 0 aromatic heterocycles. The van der Waals surface area contributed by atoms with Crippen LogP contribution in [0, 0.1) is 19.0 Å². The van der Waals surface area contributed by atoms with Gasteiger partial charge in [0.2, 0.25) is 0 Å². The minimum absolute atomic E-state index is 0.305. The standard InChI is InChI=1S/C21H22F3NO4/c1-4-9-28-20-13(2)17(10-15(11-25-3)19(20)18(27)12-26)14-5-7-16(8-6-14)29-21(22,23)24/h5-8,10,18,25-27H,11-12H2,1-3H3. The maximum Gasteiger partial charge on any atom is 0.573 e. The molecule has 0 saturated carbocycles. The van der Waals surface area contributed by atoms with E-state index in [1.807, 2.05) is 0 Å². The molecule has 0 bridgehead atoms. The molecule has 1 unspecified atom stereocenters. The van der Waals surface area contributed by atoms with Gasteiger partial charge < -0.3 is 25.0 Å². The summed E-state index contributed by atoms with van der Waals surface area (Å²) in [5.74, 6) is 2.59. The van der Waals surface area contributed by atoms with Crippen molar-refractivity contribution < 1.29 is 32.9 Å². The van der Waals surface area contributed by atoms with Gasteiger partial charge in [0.15, 0.2) is 0 Å². The van der Waals surface area contributed by atoms with Crippen LogP contribution >= 0.6 is 0 Å². The summed E-state index contributed by atoms with van der Waals surface area (Å²) in [6.45, 7) is 3.20. The van der Waals surface area contributed by atoms with E-state index in [1.165, 1.54) is 24.3 Å². The van der Waals surface area contributed by atoms with E-state index in [2.05, 4.69) is 22.1 Å². The van der Waals surface area contributed by atoms with Gasteiger partial charge in [-0.05, 0) is 48.9 Å². The number of ether oxygens (including phenoxy) is 2. The maximum atomic E-state index is 12.4. The molecule has 2 aromatic carbocycles. The molecule has 156 valence electrons. The van der Waals surface area contributed by atoms with Gasteiger partial charge in [0.05, 0.1) is 6.61 Å². The first-order chi connectivity index (χ1) is 13.7. The van der Waals surface area contributed by atoms with Gasteiger partial charge >= 0.3 is 6.36 Å². The Morgan fingerprint density at radius 2 is 1.86 bits per heavy atom. The van der Waals surface area contributed by atoms with Crippen molar-refractivity contribution in [2.45, 2.75) is 32.9 Å². The Morgan fingerprint density at radius 3 is 2.38 bits per heavy atom. The van der Waals surface area contributed by atoms with E-state index in [9.17, 15) is 23.4 Å². The van der Waals surface area contributed by atoms with Gasteiger partial charge in [-0.3, -0.25) is 0 Å². The lowest BCUT2D eigenvalue weighted by Crippen LogP contribution is -2.17. The van der Waals surface area contributed by atoms with E-state index in [4.69, 9.17) is 4.74 Å². The molecule has 0 aliphatic heterocycles. The minimum atomic E-state index is -4.76. The second kappa shape index (κ2) is 9.65. The van der Waals surface area contributed by atoms with E-state index >= 15 is 0 Å². The van der Waals surface area contributed by atoms with E-state index in [0.717, 1.165) is 0 Å². The predicted octanol–water partition coefficient (Wildman–Crippen LogP) is 3.67. The quantitative estimate of drug-likeness (QED) is 0.609. The summed E-state index contributed by atoms with van der Waals surface area (Å²) < 4.78 is 46.6. The first kappa shape index (κ1) is 22.6. The zero-order valence-electron chi connectivity index (χ0n) is 16.2. The zero-order valence-corrected chi connectivity index (χ0v) is 16.2. The molecule has 29 heavy (non-hydrogen) atoms. The van der Waals surface area contributed by atoms with Crippen LogP contribution in [0.3, 0.4) is 0 Å². The van der Waals surface area contributed by atoms with E-state index in [-0.39, 0.29) is 5.75 Å². The smallest absolute Gasteiger partial charge is 0.407 e. The Balaban J connectivity index is 2.62. The average Bonchev–Trinajstić information content (AvgIpc) is 2.67. The van der Waals surface area contributed by atoms with Crippen molar-refractivity contribution in [1.29, 1.82) is 0 Å². The summed E-state index contributed by atoms with van der Waals surface area (Å²) in [7, 11) is 1.73. The third kappa shape index (κ3) is 5.64. The number of aliphatic hydroxyl groups excluding tert-OH is 2. The highest BCUT2D eigenvalue weighted by atomic mass is 19.4. The summed E-state index contributed by atoms with van der Waals surface area (Å²) in [4.78, 5) is 0. The molecule has 0 aliphatic rings. The molecule has 0 heterocycles. The van der Waals surface area contributed by atoms with Crippen molar-refractivity contribution in [3.05, 3.63) is 47.0 Å². The third-order valence-corrected chi connectivity index (χ3v) is 4.18. The highest BCUT2D eigenvalue weighted by Crippen LogP contribution is 2.39. The second-order valence-electron chi connectivity index (χ2n) is 6.21. The van der Waals surface area contributed by atoms with Crippen LogP contribution < -0.4 is 14.8 Å². The molecule has 0 saturated heterocycles. The van der Waals surface area contributed by atoms with Gasteiger partial charge in [-0.1, -0.05) is 18.1 Å². The summed E-state index contributed by atoms with van der Waals surface area (Å²) in [5, 5.41) is 22.8. The van der Waals surface area contributed by atoms with Crippen molar-refractivity contribution in [2.75, 3.05) is 13.7 Å². The van der Waals surface area contributed by atoms with Crippen LogP contribution in [0.1, 0.15) is 29.7 Å². The van der Waals surface area contributed by atoms with Crippen LogP contribution in [0.4, 0.5) is 13.2 Å². The number of benzene rings is 2. The number of aliphatic hydroxyl groups is 2. The first-order valence-electron chi connectivity index (χ1n) is 8.76. The Labute approximate surface area is 167 Å². The van der Waals surface area contributed by atoms with Crippen LogP contribution in [-0.4, -0.2) is 30.2 Å². The van der Waals surface area contributed by atoms with Gasteiger partial charge in [-0.15, -0.1) is 13.2 Å². The molecule has 8 heteroatoms. The molecular weight excluding hydrogens is 387 g/mol. The molecule has 0 amide bonds. The summed E-state index contributed by atoms with van der Waals surface area (Å²) in [5.41, 5.74) is 3.02. The van der Waals surface area contributed by atoms with Crippen molar-refractivity contribution in [3.8, 4) is 34.7 Å². The van der Waals surface area contributed by atoms with Crippen LogP contribution in [0.15, 0.2) is 30.3 Å². The molecular formula is C21H22F3NO4. The number of rotatable bonds is 7. The molecule has 2 rings (SSSR count). The van der Waals surface area contributed by atoms with Crippen molar-refractivity contribution in [3.63, 3.8) is 0 Å². The lowest BCUT2D eigenvalue weighted by Gasteiger charge is -2.21. The van der Waals surface area contributed by atoms with Crippen LogP contribution in [0.25, 0.3) is 11.1 Å². The Bertz CT molecular complexity index is 899. The number of alkyl halides is 3. The molecule has 5 nitrogen and oxygen atoms in total. The first-order valence-corrected chi connectivity index (χ1v) is 8.76. The highest BCUT2D eigenvalue weighted by Gasteiger charge is 2.31. The van der Waals surface area contributed by atoms with E-state index < -0.39 is 19.1 Å². The lowest BCUT2D eigenvalue weighted by molar-refractivity contribution is -0.274. The molecule has 0 aliphatic carbocycles. The monoisotopic (exact) mass is 409 g/mol. The zero-order chi connectivity index (χ0) is 21.6. The molecule has 1 atom stereocenters. The fourth-order valence-electron chi connectivity index (χ4n) is 2.99. The van der Waals surface area contributed by atoms with Crippen LogP contribution in [0.2, 0.25) is 0 Å². The number of halogens is 3. The van der Waals surface area contributed by atoms with E-state index in [1.54, 1.807) is 27.0 Å². The summed E-state index contributed by atoms with van der Waals surface area (Å²) in [6, 6.07) is 7.26. The van der Waals surface area contributed by atoms with Crippen molar-refractivity contribution in [2.24, 2.45) is 0 Å². The van der Waals surface area contributed by atoms with Gasteiger partial charge in [-0.25, -0.2) is 0 Å². The third-order valence-electron chi connectivity index (χ3n) is 4.18. The summed E-state index contributed by atoms with van der Waals surface area (Å²) >= 11 is 0. The fraction of sp³-hybridized carbons (Fsp3) is 0.333. The normalized spacial score (nSPS) is 12.1. The SMILES string of the molecule is CC#COc1c(C)c(-c2ccc(OC(F)(F)F)cc2)cc(CNC)c1C(O)CO. The van der Waals surface area contributed by atoms with Gasteiger partial charge in [0.25, 0.3) is 0 Å². The molecule has 0 radical (unpaired) electrons. The van der Waals surface area contributed by atoms with Crippen molar-refractivity contribution >= 4 is 0 Å². The maximum absolute atomic E-state index is 12.4. The number of nitrogens with one attached hydrogen (secondary N) is 1. The van der Waals surface area contributed by atoms with Crippen molar-refractivity contribution in [1.82, 2.24) is 5.32 Å². The van der Waals surface area contributed by atoms with Gasteiger partial charge in [0, 0.05) is 24.6 Å². The van der Waals surface area contributed by atoms with E-state index in [0.29, 0.717) is 40.1 Å². The molecule has 3 N–H and O–H groups in total. The van der Waals surface area contributed by atoms with Crippen LogP contribution in [-0.2, 0) is 6.54 Å². The van der Waals surface area contributed by atoms with Crippen LogP contribution in [0.5, 0.6) is 11.5 Å². The molecule has 0 fully saturated rings. The largest absolute Gasteiger partial charge is 0.573 e. The topological polar surface area (TPSA) is 71.0 Å². The summed E-state index contributed by atoms with van der Waals surface area (Å²) in [6.07, 6.45) is -3.44. The number of hydrogen-bond acceptors (Lipinski definition) is 5. The highest BCUT2D eigenvalue weighted by molar-refractivity contribution is 5.73. The number of hydrogen-bond donors (Lipinski definition) is 3. The minimum Gasteiger partial charge on any atom is -0.407 e. The molecule has 0 spiro atoms. The fourth-order valence-corrected chi connectivity index (χ4v) is 2.99. The average molecular weight is 409 g/mol. The Morgan fingerprint density at radius 1 is 1.21 bits per heavy atom. The van der Waals surface area contributed by atoms with Gasteiger partial charge in [0.1, 0.15) is 23.7 Å². The predicted molar refractivity (Wildman–Crippen MR) is 102 cm³/mol. The Hall–Kier alpha value is -2.73. The Kier molecular flexibility index (Phi) is 7.51. The molecule has 2 aromatic rings. The second-order valence-corrected chi connectivity index (χ2v) is 6.21. The lowest BCUT2D eigenvalue weighted by atomic mass is 9.90.